The molecule has 1 spiro atoms. The van der Waals surface area contributed by atoms with E-state index in [0.29, 0.717) is 5.41 Å². The van der Waals surface area contributed by atoms with Crippen LogP contribution in [0.25, 0.3) is 0 Å². The van der Waals surface area contributed by atoms with E-state index in [0.717, 1.165) is 19.7 Å². The molecule has 1 aliphatic heterocycles. The summed E-state index contributed by atoms with van der Waals surface area (Å²) >= 11 is 1.88. The Bertz CT molecular complexity index is 381. The maximum atomic E-state index is 6.15. The average Bonchev–Trinajstić information content (AvgIpc) is 2.98. The molecular formula is C14H21NOS. The molecule has 94 valence electrons. The van der Waals surface area contributed by atoms with Gasteiger partial charge in [0, 0.05) is 16.8 Å². The Labute approximate surface area is 107 Å². The zero-order chi connectivity index (χ0) is 11.7. The Balaban J connectivity index is 1.87. The highest BCUT2D eigenvalue weighted by atomic mass is 32.1. The maximum absolute atomic E-state index is 6.15. The second-order valence-electron chi connectivity index (χ2n) is 5.29. The summed E-state index contributed by atoms with van der Waals surface area (Å²) in [6.45, 7) is 5.06. The van der Waals surface area contributed by atoms with Gasteiger partial charge in [-0.05, 0) is 36.4 Å². The van der Waals surface area contributed by atoms with Crippen molar-refractivity contribution in [3.63, 3.8) is 0 Å². The van der Waals surface area contributed by atoms with Crippen molar-refractivity contribution in [2.24, 2.45) is 0 Å². The number of fused-ring (bicyclic) bond motifs is 2. The maximum Gasteiger partial charge on any atom is 0.104 e. The minimum atomic E-state index is 0.288. The lowest BCUT2D eigenvalue weighted by Crippen LogP contribution is -2.37. The molecular weight excluding hydrogens is 230 g/mol. The molecule has 0 aromatic carbocycles. The molecule has 1 saturated carbocycles. The first kappa shape index (κ1) is 11.7. The molecule has 3 rings (SSSR count). The van der Waals surface area contributed by atoms with E-state index in [1.54, 1.807) is 5.56 Å². The Morgan fingerprint density at radius 1 is 1.47 bits per heavy atom. The van der Waals surface area contributed by atoms with Crippen LogP contribution < -0.4 is 5.32 Å². The number of ether oxygens (including phenoxy) is 1. The van der Waals surface area contributed by atoms with Gasteiger partial charge in [-0.25, -0.2) is 0 Å². The van der Waals surface area contributed by atoms with E-state index in [4.69, 9.17) is 4.74 Å². The normalized spacial score (nSPS) is 26.3. The molecule has 17 heavy (non-hydrogen) atoms. The van der Waals surface area contributed by atoms with Gasteiger partial charge in [0.15, 0.2) is 0 Å². The molecule has 1 atom stereocenters. The Morgan fingerprint density at radius 3 is 3.06 bits per heavy atom. The first-order valence-electron chi connectivity index (χ1n) is 6.76. The molecule has 1 unspecified atom stereocenters. The van der Waals surface area contributed by atoms with E-state index in [9.17, 15) is 0 Å². The van der Waals surface area contributed by atoms with Crippen LogP contribution in [0.4, 0.5) is 0 Å². The fraction of sp³-hybridized carbons (Fsp3) is 0.714. The summed E-state index contributed by atoms with van der Waals surface area (Å²) in [7, 11) is 0. The highest BCUT2D eigenvalue weighted by Crippen LogP contribution is 2.49. The molecule has 2 heterocycles. The van der Waals surface area contributed by atoms with Gasteiger partial charge in [-0.3, -0.25) is 0 Å². The zero-order valence-electron chi connectivity index (χ0n) is 10.5. The van der Waals surface area contributed by atoms with Gasteiger partial charge in [0.25, 0.3) is 0 Å². The molecule has 1 N–H and O–H groups in total. The minimum absolute atomic E-state index is 0.288. The summed E-state index contributed by atoms with van der Waals surface area (Å²) < 4.78 is 6.15. The topological polar surface area (TPSA) is 21.3 Å². The molecule has 0 saturated heterocycles. The lowest BCUT2D eigenvalue weighted by Gasteiger charge is -2.37. The molecule has 1 aromatic heterocycles. The molecule has 0 amide bonds. The zero-order valence-corrected chi connectivity index (χ0v) is 11.3. The van der Waals surface area contributed by atoms with E-state index in [-0.39, 0.29) is 6.10 Å². The monoisotopic (exact) mass is 251 g/mol. The summed E-state index contributed by atoms with van der Waals surface area (Å²) in [6.07, 6.45) is 5.68. The Hall–Kier alpha value is -0.380. The van der Waals surface area contributed by atoms with Crippen LogP contribution in [0.5, 0.6) is 0 Å². The minimum Gasteiger partial charge on any atom is -0.370 e. The van der Waals surface area contributed by atoms with Gasteiger partial charge in [0.1, 0.15) is 6.10 Å². The fourth-order valence-electron chi connectivity index (χ4n) is 3.31. The Kier molecular flexibility index (Phi) is 3.24. The Morgan fingerprint density at radius 2 is 2.29 bits per heavy atom. The van der Waals surface area contributed by atoms with Crippen LogP contribution in [0.15, 0.2) is 11.4 Å². The summed E-state index contributed by atoms with van der Waals surface area (Å²) in [5.74, 6) is 0. The first-order chi connectivity index (χ1) is 8.36. The molecule has 2 nitrogen and oxygen atoms in total. The predicted octanol–water partition coefficient (Wildman–Crippen LogP) is 3.24. The van der Waals surface area contributed by atoms with Gasteiger partial charge in [-0.1, -0.05) is 19.8 Å². The quantitative estimate of drug-likeness (QED) is 0.890. The van der Waals surface area contributed by atoms with Gasteiger partial charge in [0.2, 0.25) is 0 Å². The number of thiophene rings is 1. The highest BCUT2D eigenvalue weighted by Gasteiger charge is 2.43. The van der Waals surface area contributed by atoms with Crippen LogP contribution in [-0.2, 0) is 10.2 Å². The van der Waals surface area contributed by atoms with E-state index >= 15 is 0 Å². The largest absolute Gasteiger partial charge is 0.370 e. The van der Waals surface area contributed by atoms with E-state index in [1.165, 1.54) is 30.6 Å². The van der Waals surface area contributed by atoms with Crippen molar-refractivity contribution >= 4 is 11.3 Å². The lowest BCUT2D eigenvalue weighted by atomic mass is 9.77. The van der Waals surface area contributed by atoms with E-state index in [2.05, 4.69) is 23.7 Å². The second kappa shape index (κ2) is 4.71. The van der Waals surface area contributed by atoms with Crippen molar-refractivity contribution in [3.8, 4) is 0 Å². The van der Waals surface area contributed by atoms with Crippen molar-refractivity contribution in [3.05, 3.63) is 21.9 Å². The van der Waals surface area contributed by atoms with Crippen LogP contribution in [-0.4, -0.2) is 19.7 Å². The molecule has 1 fully saturated rings. The number of hydrogen-bond acceptors (Lipinski definition) is 3. The van der Waals surface area contributed by atoms with Crippen LogP contribution in [0.3, 0.4) is 0 Å². The third kappa shape index (κ3) is 1.94. The van der Waals surface area contributed by atoms with Crippen molar-refractivity contribution in [2.45, 2.75) is 44.1 Å². The van der Waals surface area contributed by atoms with Crippen molar-refractivity contribution in [1.82, 2.24) is 5.32 Å². The van der Waals surface area contributed by atoms with Crippen molar-refractivity contribution in [2.75, 3.05) is 19.7 Å². The summed E-state index contributed by atoms with van der Waals surface area (Å²) in [5, 5.41) is 5.66. The van der Waals surface area contributed by atoms with Gasteiger partial charge in [-0.2, -0.15) is 0 Å². The van der Waals surface area contributed by atoms with E-state index in [1.807, 2.05) is 11.3 Å². The van der Waals surface area contributed by atoms with Crippen LogP contribution in [0.2, 0.25) is 0 Å². The summed E-state index contributed by atoms with van der Waals surface area (Å²) in [4.78, 5) is 1.49. The predicted molar refractivity (Wildman–Crippen MR) is 71.7 cm³/mol. The van der Waals surface area contributed by atoms with Crippen molar-refractivity contribution < 1.29 is 4.74 Å². The van der Waals surface area contributed by atoms with Crippen molar-refractivity contribution in [1.29, 1.82) is 0 Å². The summed E-state index contributed by atoms with van der Waals surface area (Å²) in [5.41, 5.74) is 1.98. The molecule has 3 heteroatoms. The molecule has 0 radical (unpaired) electrons. The first-order valence-corrected chi connectivity index (χ1v) is 7.64. The third-order valence-corrected chi connectivity index (χ3v) is 5.27. The number of hydrogen-bond donors (Lipinski definition) is 1. The number of likely N-dealkylation sites (N-methyl/N-ethyl adjacent to an activating group) is 1. The lowest BCUT2D eigenvalue weighted by molar-refractivity contribution is 0.00239. The molecule has 0 bridgehead atoms. The summed E-state index contributed by atoms with van der Waals surface area (Å²) in [6, 6.07) is 2.35. The highest BCUT2D eigenvalue weighted by molar-refractivity contribution is 7.10. The SMILES string of the molecule is CCNCC1OCC2(CCCC2)c2ccsc21. The van der Waals surface area contributed by atoms with Gasteiger partial charge in [0.05, 0.1) is 6.61 Å². The van der Waals surface area contributed by atoms with Crippen LogP contribution in [0, 0.1) is 0 Å². The molecule has 2 aliphatic rings. The van der Waals surface area contributed by atoms with Gasteiger partial charge >= 0.3 is 0 Å². The number of nitrogens with one attached hydrogen (secondary N) is 1. The molecule has 1 aromatic rings. The average molecular weight is 251 g/mol. The smallest absolute Gasteiger partial charge is 0.104 e. The van der Waals surface area contributed by atoms with Gasteiger partial charge < -0.3 is 10.1 Å². The molecule has 1 aliphatic carbocycles. The number of rotatable bonds is 3. The second-order valence-corrected chi connectivity index (χ2v) is 6.24. The van der Waals surface area contributed by atoms with Gasteiger partial charge in [-0.15, -0.1) is 11.3 Å². The fourth-order valence-corrected chi connectivity index (χ4v) is 4.38. The van der Waals surface area contributed by atoms with E-state index < -0.39 is 0 Å². The van der Waals surface area contributed by atoms with Crippen LogP contribution >= 0.6 is 11.3 Å². The third-order valence-electron chi connectivity index (χ3n) is 4.26. The van der Waals surface area contributed by atoms with Crippen LogP contribution in [0.1, 0.15) is 49.2 Å². The standard InChI is InChI=1S/C14H21NOS/c1-2-15-9-12-13-11(5-8-17-13)14(10-16-12)6-3-4-7-14/h5,8,12,15H,2-4,6-7,9-10H2,1H3.